The topological polar surface area (TPSA) is 60.2 Å². The van der Waals surface area contributed by atoms with Crippen molar-refractivity contribution in [1.29, 1.82) is 0 Å². The predicted octanol–water partition coefficient (Wildman–Crippen LogP) is 5.33. The fourth-order valence-corrected chi connectivity index (χ4v) is 5.31. The maximum Gasteiger partial charge on any atom is 0.229 e. The second kappa shape index (κ2) is 10.2. The van der Waals surface area contributed by atoms with Gasteiger partial charge in [0.2, 0.25) is 5.91 Å². The molecule has 0 saturated heterocycles. The SMILES string of the molecule is COc1ccc(SCCC(=O)N(CCn2nc(C)cc2C)c2nc3ccccc3s2)cc1. The zero-order valence-corrected chi connectivity index (χ0v) is 20.1. The third kappa shape index (κ3) is 5.31. The molecule has 0 atom stereocenters. The van der Waals surface area contributed by atoms with Crippen LogP contribution in [0.15, 0.2) is 59.5 Å². The van der Waals surface area contributed by atoms with Gasteiger partial charge in [-0.25, -0.2) is 4.98 Å². The van der Waals surface area contributed by atoms with Crippen LogP contribution in [0.25, 0.3) is 10.2 Å². The number of carbonyl (C=O) groups is 1. The van der Waals surface area contributed by atoms with Gasteiger partial charge in [-0.2, -0.15) is 5.10 Å². The summed E-state index contributed by atoms with van der Waals surface area (Å²) in [6, 6.07) is 18.0. The lowest BCUT2D eigenvalue weighted by molar-refractivity contribution is -0.118. The molecule has 0 spiro atoms. The number of para-hydroxylation sites is 1. The number of ether oxygens (including phenoxy) is 1. The van der Waals surface area contributed by atoms with E-state index in [4.69, 9.17) is 9.72 Å². The third-order valence-electron chi connectivity index (χ3n) is 5.10. The van der Waals surface area contributed by atoms with Crippen LogP contribution in [0.2, 0.25) is 0 Å². The van der Waals surface area contributed by atoms with Gasteiger partial charge in [-0.15, -0.1) is 11.8 Å². The van der Waals surface area contributed by atoms with E-state index >= 15 is 0 Å². The Morgan fingerprint density at radius 1 is 1.16 bits per heavy atom. The van der Waals surface area contributed by atoms with Crippen molar-refractivity contribution in [2.24, 2.45) is 0 Å². The Hall–Kier alpha value is -2.84. The highest BCUT2D eigenvalue weighted by Gasteiger charge is 2.20. The summed E-state index contributed by atoms with van der Waals surface area (Å²) in [6.45, 7) is 5.19. The minimum atomic E-state index is 0.0756. The molecule has 32 heavy (non-hydrogen) atoms. The van der Waals surface area contributed by atoms with Crippen molar-refractivity contribution in [3.05, 3.63) is 66.0 Å². The van der Waals surface area contributed by atoms with E-state index in [1.54, 1.807) is 30.2 Å². The van der Waals surface area contributed by atoms with Crippen molar-refractivity contribution in [2.45, 2.75) is 31.7 Å². The molecule has 0 fully saturated rings. The summed E-state index contributed by atoms with van der Waals surface area (Å²) in [5.41, 5.74) is 2.99. The first kappa shape index (κ1) is 22.4. The number of methoxy groups -OCH3 is 1. The number of aromatic nitrogens is 3. The lowest BCUT2D eigenvalue weighted by Gasteiger charge is -2.20. The van der Waals surface area contributed by atoms with Gasteiger partial charge < -0.3 is 4.74 Å². The van der Waals surface area contributed by atoms with Crippen molar-refractivity contribution in [3.63, 3.8) is 0 Å². The van der Waals surface area contributed by atoms with E-state index in [0.717, 1.165) is 37.4 Å². The zero-order valence-electron chi connectivity index (χ0n) is 18.4. The molecule has 0 unspecified atom stereocenters. The van der Waals surface area contributed by atoms with Gasteiger partial charge in [-0.3, -0.25) is 14.4 Å². The minimum absolute atomic E-state index is 0.0756. The van der Waals surface area contributed by atoms with E-state index in [0.29, 0.717) is 25.3 Å². The van der Waals surface area contributed by atoms with Crippen LogP contribution in [0.3, 0.4) is 0 Å². The van der Waals surface area contributed by atoms with Gasteiger partial charge in [0, 0.05) is 29.3 Å². The largest absolute Gasteiger partial charge is 0.497 e. The van der Waals surface area contributed by atoms with Gasteiger partial charge in [0.1, 0.15) is 5.75 Å². The average Bonchev–Trinajstić information content (AvgIpc) is 3.36. The number of hydrogen-bond donors (Lipinski definition) is 0. The molecular formula is C24H26N4O2S2. The van der Waals surface area contributed by atoms with Gasteiger partial charge in [-0.1, -0.05) is 23.5 Å². The molecule has 0 bridgehead atoms. The quantitative estimate of drug-likeness (QED) is 0.312. The molecule has 2 aromatic carbocycles. The first-order chi connectivity index (χ1) is 15.5. The van der Waals surface area contributed by atoms with E-state index in [-0.39, 0.29) is 5.91 Å². The van der Waals surface area contributed by atoms with E-state index < -0.39 is 0 Å². The number of rotatable bonds is 9. The number of anilines is 1. The first-order valence-corrected chi connectivity index (χ1v) is 12.3. The number of hydrogen-bond acceptors (Lipinski definition) is 6. The van der Waals surface area contributed by atoms with Crippen LogP contribution in [0.4, 0.5) is 5.13 Å². The maximum absolute atomic E-state index is 13.3. The Labute approximate surface area is 196 Å². The Balaban J connectivity index is 1.46. The summed E-state index contributed by atoms with van der Waals surface area (Å²) in [7, 11) is 1.66. The summed E-state index contributed by atoms with van der Waals surface area (Å²) < 4.78 is 8.24. The van der Waals surface area contributed by atoms with Crippen molar-refractivity contribution < 1.29 is 9.53 Å². The summed E-state index contributed by atoms with van der Waals surface area (Å²) in [5.74, 6) is 1.61. The molecule has 2 heterocycles. The molecule has 0 aliphatic heterocycles. The lowest BCUT2D eigenvalue weighted by Crippen LogP contribution is -2.34. The Morgan fingerprint density at radius 2 is 1.94 bits per heavy atom. The highest BCUT2D eigenvalue weighted by atomic mass is 32.2. The third-order valence-corrected chi connectivity index (χ3v) is 7.17. The van der Waals surface area contributed by atoms with Gasteiger partial charge in [0.05, 0.1) is 29.6 Å². The molecule has 0 N–H and O–H groups in total. The molecule has 1 amide bonds. The monoisotopic (exact) mass is 466 g/mol. The number of thiazole rings is 1. The molecule has 4 aromatic rings. The molecule has 0 saturated carbocycles. The van der Waals surface area contributed by atoms with Crippen molar-refractivity contribution >= 4 is 44.4 Å². The molecule has 0 radical (unpaired) electrons. The second-order valence-corrected chi connectivity index (χ2v) is 9.61. The highest BCUT2D eigenvalue weighted by Crippen LogP contribution is 2.29. The average molecular weight is 467 g/mol. The molecular weight excluding hydrogens is 440 g/mol. The zero-order chi connectivity index (χ0) is 22.5. The molecule has 8 heteroatoms. The van der Waals surface area contributed by atoms with E-state index in [9.17, 15) is 4.79 Å². The lowest BCUT2D eigenvalue weighted by atomic mass is 10.3. The molecule has 4 rings (SSSR count). The summed E-state index contributed by atoms with van der Waals surface area (Å²) >= 11 is 3.22. The van der Waals surface area contributed by atoms with Crippen molar-refractivity contribution in [2.75, 3.05) is 24.3 Å². The molecule has 6 nitrogen and oxygen atoms in total. The molecule has 2 aromatic heterocycles. The van der Waals surface area contributed by atoms with Gasteiger partial charge in [0.15, 0.2) is 5.13 Å². The number of aryl methyl sites for hydroxylation is 2. The van der Waals surface area contributed by atoms with Gasteiger partial charge in [-0.05, 0) is 56.3 Å². The van der Waals surface area contributed by atoms with Crippen LogP contribution in [-0.4, -0.2) is 40.1 Å². The smallest absolute Gasteiger partial charge is 0.229 e. The number of amides is 1. The Bertz CT molecular complexity index is 1170. The van der Waals surface area contributed by atoms with E-state index in [1.165, 1.54) is 0 Å². The number of nitrogens with zero attached hydrogens (tertiary/aromatic N) is 4. The Morgan fingerprint density at radius 3 is 2.62 bits per heavy atom. The molecule has 166 valence electrons. The van der Waals surface area contributed by atoms with Crippen LogP contribution >= 0.6 is 23.1 Å². The summed E-state index contributed by atoms with van der Waals surface area (Å²) in [6.07, 6.45) is 0.434. The van der Waals surface area contributed by atoms with Crippen molar-refractivity contribution in [1.82, 2.24) is 14.8 Å². The van der Waals surface area contributed by atoms with Crippen LogP contribution in [-0.2, 0) is 11.3 Å². The van der Waals surface area contributed by atoms with Crippen LogP contribution < -0.4 is 9.64 Å². The molecule has 0 aliphatic carbocycles. The summed E-state index contributed by atoms with van der Waals surface area (Å²) in [4.78, 5) is 20.9. The van der Waals surface area contributed by atoms with E-state index in [1.807, 2.05) is 72.0 Å². The maximum atomic E-state index is 13.3. The predicted molar refractivity (Wildman–Crippen MR) is 132 cm³/mol. The van der Waals surface area contributed by atoms with E-state index in [2.05, 4.69) is 11.2 Å². The number of benzene rings is 2. The highest BCUT2D eigenvalue weighted by molar-refractivity contribution is 7.99. The number of carbonyl (C=O) groups excluding carboxylic acids is 1. The number of thioether (sulfide) groups is 1. The number of fused-ring (bicyclic) bond motifs is 1. The van der Waals surface area contributed by atoms with Crippen LogP contribution in [0, 0.1) is 13.8 Å². The summed E-state index contributed by atoms with van der Waals surface area (Å²) in [5, 5.41) is 5.28. The standard InChI is InChI=1S/C24H26N4O2S2/c1-17-16-18(2)28(26-17)14-13-27(24-25-21-6-4-5-7-22(21)32-24)23(29)12-15-31-20-10-8-19(30-3)9-11-20/h4-11,16H,12-15H2,1-3H3. The minimum Gasteiger partial charge on any atom is -0.497 e. The van der Waals surface area contributed by atoms with Gasteiger partial charge in [0.25, 0.3) is 0 Å². The first-order valence-electron chi connectivity index (χ1n) is 10.5. The van der Waals surface area contributed by atoms with Crippen LogP contribution in [0.5, 0.6) is 5.75 Å². The fraction of sp³-hybridized carbons (Fsp3) is 0.292. The Kier molecular flexibility index (Phi) is 7.12. The normalized spacial score (nSPS) is 11.1. The van der Waals surface area contributed by atoms with Crippen molar-refractivity contribution in [3.8, 4) is 5.75 Å². The van der Waals surface area contributed by atoms with Crippen LogP contribution in [0.1, 0.15) is 17.8 Å². The molecule has 0 aliphatic rings. The second-order valence-electron chi connectivity index (χ2n) is 7.43. The fourth-order valence-electron chi connectivity index (χ4n) is 3.46. The van der Waals surface area contributed by atoms with Gasteiger partial charge >= 0.3 is 0 Å².